The Hall–Kier alpha value is -0.610. The minimum Gasteiger partial charge on any atom is -0.382 e. The van der Waals surface area contributed by atoms with Crippen LogP contribution in [0.25, 0.3) is 0 Å². The minimum absolute atomic E-state index is 0.224. The summed E-state index contributed by atoms with van der Waals surface area (Å²) in [6.07, 6.45) is 3.95. The molecule has 4 heteroatoms. The fraction of sp³-hybridized carbons (Fsp3) is 0.556. The molecule has 0 radical (unpaired) electrons. The van der Waals surface area contributed by atoms with E-state index in [-0.39, 0.29) is 5.25 Å². The molecule has 1 saturated heterocycles. The van der Waals surface area contributed by atoms with Gasteiger partial charge < -0.3 is 5.11 Å². The molecule has 1 aromatic heterocycles. The predicted octanol–water partition coefficient (Wildman–Crippen LogP) is 1.19. The number of hydrogen-bond acceptors (Lipinski definition) is 4. The number of nitrogens with zero attached hydrogens (tertiary/aromatic N) is 2. The summed E-state index contributed by atoms with van der Waals surface area (Å²) >= 11 is 1.79. The van der Waals surface area contributed by atoms with Crippen LogP contribution in [0.2, 0.25) is 0 Å². The Morgan fingerprint density at radius 2 is 2.54 bits per heavy atom. The van der Waals surface area contributed by atoms with Gasteiger partial charge in [0.25, 0.3) is 0 Å². The van der Waals surface area contributed by atoms with Crippen molar-refractivity contribution in [3.63, 3.8) is 0 Å². The summed E-state index contributed by atoms with van der Waals surface area (Å²) in [6.45, 7) is 2.04. The Kier molecular flexibility index (Phi) is 2.26. The van der Waals surface area contributed by atoms with Gasteiger partial charge in [-0.3, -0.25) is 0 Å². The maximum absolute atomic E-state index is 10.3. The lowest BCUT2D eigenvalue weighted by Crippen LogP contribution is -2.32. The molecule has 1 N–H and O–H groups in total. The average molecular weight is 196 g/mol. The van der Waals surface area contributed by atoms with Crippen LogP contribution in [0.5, 0.6) is 0 Å². The standard InChI is InChI=1S/C9H12N2OS/c1-7-9(12,3-5-13-7)8-2-4-10-6-11-8/h2,4,6-7,12H,3,5H2,1H3. The Labute approximate surface area is 81.6 Å². The molecule has 0 amide bonds. The fourth-order valence-corrected chi connectivity index (χ4v) is 2.91. The van der Waals surface area contributed by atoms with Crippen LogP contribution in [0, 0.1) is 0 Å². The van der Waals surface area contributed by atoms with Gasteiger partial charge in [0, 0.05) is 11.4 Å². The van der Waals surface area contributed by atoms with Crippen molar-refractivity contribution in [2.45, 2.75) is 24.2 Å². The first kappa shape index (κ1) is 8.97. The van der Waals surface area contributed by atoms with Crippen LogP contribution >= 0.6 is 11.8 Å². The summed E-state index contributed by atoms with van der Waals surface area (Å²) in [7, 11) is 0. The number of hydrogen-bond donors (Lipinski definition) is 1. The molecule has 3 nitrogen and oxygen atoms in total. The van der Waals surface area contributed by atoms with Crippen molar-refractivity contribution in [2.75, 3.05) is 5.75 Å². The maximum Gasteiger partial charge on any atom is 0.119 e. The van der Waals surface area contributed by atoms with Gasteiger partial charge in [-0.25, -0.2) is 9.97 Å². The highest BCUT2D eigenvalue weighted by Crippen LogP contribution is 2.41. The second-order valence-electron chi connectivity index (χ2n) is 3.28. The molecule has 0 saturated carbocycles. The van der Waals surface area contributed by atoms with Crippen molar-refractivity contribution in [3.05, 3.63) is 24.3 Å². The van der Waals surface area contributed by atoms with E-state index in [0.717, 1.165) is 17.9 Å². The monoisotopic (exact) mass is 196 g/mol. The molecule has 0 spiro atoms. The van der Waals surface area contributed by atoms with E-state index in [1.165, 1.54) is 6.33 Å². The van der Waals surface area contributed by atoms with Crippen molar-refractivity contribution in [1.82, 2.24) is 9.97 Å². The highest BCUT2D eigenvalue weighted by molar-refractivity contribution is 8.00. The van der Waals surface area contributed by atoms with Crippen LogP contribution in [-0.4, -0.2) is 26.1 Å². The lowest BCUT2D eigenvalue weighted by molar-refractivity contribution is 0.0381. The highest BCUT2D eigenvalue weighted by atomic mass is 32.2. The Morgan fingerprint density at radius 3 is 3.08 bits per heavy atom. The summed E-state index contributed by atoms with van der Waals surface area (Å²) in [4.78, 5) is 7.95. The maximum atomic E-state index is 10.3. The Morgan fingerprint density at radius 1 is 1.69 bits per heavy atom. The molecule has 1 aliphatic rings. The molecule has 2 rings (SSSR count). The Bertz CT molecular complexity index is 293. The van der Waals surface area contributed by atoms with Gasteiger partial charge in [0.15, 0.2) is 0 Å². The van der Waals surface area contributed by atoms with E-state index in [4.69, 9.17) is 0 Å². The summed E-state index contributed by atoms with van der Waals surface area (Å²) in [5.41, 5.74) is 0.00755. The molecular formula is C9H12N2OS. The third-order valence-corrected chi connectivity index (χ3v) is 3.88. The van der Waals surface area contributed by atoms with Gasteiger partial charge in [-0.15, -0.1) is 0 Å². The van der Waals surface area contributed by atoms with E-state index in [9.17, 15) is 5.11 Å². The summed E-state index contributed by atoms with van der Waals surface area (Å²) in [5.74, 6) is 1.00. The molecule has 1 fully saturated rings. The lowest BCUT2D eigenvalue weighted by atomic mass is 9.93. The zero-order valence-electron chi connectivity index (χ0n) is 7.47. The SMILES string of the molecule is CC1SCCC1(O)c1ccncn1. The highest BCUT2D eigenvalue weighted by Gasteiger charge is 2.41. The molecule has 0 bridgehead atoms. The van der Waals surface area contributed by atoms with Crippen LogP contribution in [0.15, 0.2) is 18.6 Å². The second kappa shape index (κ2) is 3.27. The van der Waals surface area contributed by atoms with Gasteiger partial charge in [0.1, 0.15) is 11.9 Å². The summed E-state index contributed by atoms with van der Waals surface area (Å²) in [6, 6.07) is 1.79. The fourth-order valence-electron chi connectivity index (χ4n) is 1.62. The van der Waals surface area contributed by atoms with Gasteiger partial charge in [0.2, 0.25) is 0 Å². The van der Waals surface area contributed by atoms with Crippen molar-refractivity contribution in [3.8, 4) is 0 Å². The zero-order chi connectivity index (χ0) is 9.31. The topological polar surface area (TPSA) is 46.0 Å². The van der Waals surface area contributed by atoms with Gasteiger partial charge >= 0.3 is 0 Å². The van der Waals surface area contributed by atoms with Gasteiger partial charge in [-0.2, -0.15) is 11.8 Å². The quantitative estimate of drug-likeness (QED) is 0.733. The minimum atomic E-state index is -0.742. The van der Waals surface area contributed by atoms with Crippen molar-refractivity contribution >= 4 is 11.8 Å². The van der Waals surface area contributed by atoms with E-state index in [0.29, 0.717) is 0 Å². The van der Waals surface area contributed by atoms with E-state index in [2.05, 4.69) is 9.97 Å². The van der Waals surface area contributed by atoms with Crippen LogP contribution < -0.4 is 0 Å². The van der Waals surface area contributed by atoms with Crippen LogP contribution in [0.3, 0.4) is 0 Å². The molecule has 70 valence electrons. The first-order chi connectivity index (χ1) is 6.23. The van der Waals surface area contributed by atoms with Crippen LogP contribution in [-0.2, 0) is 5.60 Å². The zero-order valence-corrected chi connectivity index (χ0v) is 8.29. The number of aromatic nitrogens is 2. The lowest BCUT2D eigenvalue weighted by Gasteiger charge is -2.25. The molecule has 13 heavy (non-hydrogen) atoms. The molecule has 0 aromatic carbocycles. The summed E-state index contributed by atoms with van der Waals surface area (Å²) < 4.78 is 0. The number of thioether (sulfide) groups is 1. The van der Waals surface area contributed by atoms with Crippen LogP contribution in [0.1, 0.15) is 19.0 Å². The molecule has 2 heterocycles. The molecule has 2 atom stereocenters. The first-order valence-corrected chi connectivity index (χ1v) is 5.39. The third kappa shape index (κ3) is 1.44. The van der Waals surface area contributed by atoms with Crippen LogP contribution in [0.4, 0.5) is 0 Å². The normalized spacial score (nSPS) is 33.5. The van der Waals surface area contributed by atoms with E-state index >= 15 is 0 Å². The molecule has 1 aliphatic heterocycles. The van der Waals surface area contributed by atoms with Gasteiger partial charge in [-0.1, -0.05) is 6.92 Å². The number of rotatable bonds is 1. The van der Waals surface area contributed by atoms with Gasteiger partial charge in [0.05, 0.1) is 5.69 Å². The second-order valence-corrected chi connectivity index (χ2v) is 4.73. The molecule has 0 aliphatic carbocycles. The van der Waals surface area contributed by atoms with E-state index < -0.39 is 5.60 Å². The van der Waals surface area contributed by atoms with Crippen molar-refractivity contribution in [1.29, 1.82) is 0 Å². The molecule has 2 unspecified atom stereocenters. The largest absolute Gasteiger partial charge is 0.382 e. The molecular weight excluding hydrogens is 184 g/mol. The smallest absolute Gasteiger partial charge is 0.119 e. The van der Waals surface area contributed by atoms with Crippen molar-refractivity contribution < 1.29 is 5.11 Å². The first-order valence-electron chi connectivity index (χ1n) is 4.34. The molecule has 1 aromatic rings. The predicted molar refractivity (Wildman–Crippen MR) is 52.5 cm³/mol. The van der Waals surface area contributed by atoms with E-state index in [1.54, 1.807) is 24.0 Å². The average Bonchev–Trinajstić information content (AvgIpc) is 2.50. The van der Waals surface area contributed by atoms with Crippen molar-refractivity contribution in [2.24, 2.45) is 0 Å². The Balaban J connectivity index is 2.34. The third-order valence-electron chi connectivity index (χ3n) is 2.55. The summed E-state index contributed by atoms with van der Waals surface area (Å²) in [5, 5.41) is 10.5. The number of aliphatic hydroxyl groups is 1. The van der Waals surface area contributed by atoms with E-state index in [1.807, 2.05) is 6.92 Å². The van der Waals surface area contributed by atoms with Gasteiger partial charge in [-0.05, 0) is 18.2 Å².